The number of amides is 1. The Kier molecular flexibility index (Phi) is 4.11. The molecule has 1 aliphatic heterocycles. The molecule has 0 radical (unpaired) electrons. The van der Waals surface area contributed by atoms with Crippen molar-refractivity contribution in [2.75, 3.05) is 20.2 Å². The van der Waals surface area contributed by atoms with E-state index in [0.29, 0.717) is 25.1 Å². The lowest BCUT2D eigenvalue weighted by Gasteiger charge is -2.15. The molecule has 0 aromatic carbocycles. The molecule has 0 spiro atoms. The van der Waals surface area contributed by atoms with Crippen LogP contribution in [0.25, 0.3) is 0 Å². The first-order valence-electron chi connectivity index (χ1n) is 6.87. The minimum Gasteiger partial charge on any atom is -0.469 e. The molecule has 6 nitrogen and oxygen atoms in total. The zero-order valence-corrected chi connectivity index (χ0v) is 12.4. The summed E-state index contributed by atoms with van der Waals surface area (Å²) >= 11 is 0. The smallest absolute Gasteiger partial charge is 0.310 e. The highest BCUT2D eigenvalue weighted by molar-refractivity contribution is 5.95. The Bertz CT molecular complexity index is 524. The number of aryl methyl sites for hydroxylation is 2. The van der Waals surface area contributed by atoms with E-state index >= 15 is 0 Å². The third kappa shape index (κ3) is 2.55. The van der Waals surface area contributed by atoms with E-state index in [-0.39, 0.29) is 23.7 Å². The fourth-order valence-corrected chi connectivity index (χ4v) is 2.74. The number of aromatic nitrogens is 2. The number of ether oxygens (including phenoxy) is 1. The van der Waals surface area contributed by atoms with E-state index in [0.717, 1.165) is 5.69 Å². The molecule has 2 atom stereocenters. The van der Waals surface area contributed by atoms with Gasteiger partial charge in [0.25, 0.3) is 5.91 Å². The molecule has 1 aromatic heterocycles. The number of carbonyl (C=O) groups is 2. The normalized spacial score (nSPS) is 22.1. The van der Waals surface area contributed by atoms with Crippen LogP contribution in [0.4, 0.5) is 0 Å². The van der Waals surface area contributed by atoms with Crippen molar-refractivity contribution < 1.29 is 14.3 Å². The van der Waals surface area contributed by atoms with E-state index in [1.54, 1.807) is 22.8 Å². The maximum absolute atomic E-state index is 12.6. The molecule has 0 bridgehead atoms. The molecule has 1 aromatic rings. The molecular weight excluding hydrogens is 258 g/mol. The molecule has 0 saturated carbocycles. The van der Waals surface area contributed by atoms with Crippen LogP contribution in [0.15, 0.2) is 6.20 Å². The van der Waals surface area contributed by atoms with Crippen LogP contribution < -0.4 is 0 Å². The van der Waals surface area contributed by atoms with E-state index < -0.39 is 0 Å². The fraction of sp³-hybridized carbons (Fsp3) is 0.643. The summed E-state index contributed by atoms with van der Waals surface area (Å²) in [6, 6.07) is 0. The van der Waals surface area contributed by atoms with Crippen LogP contribution in [0.2, 0.25) is 0 Å². The van der Waals surface area contributed by atoms with Crippen LogP contribution in [0.3, 0.4) is 0 Å². The van der Waals surface area contributed by atoms with Gasteiger partial charge in [0.05, 0.1) is 24.3 Å². The Morgan fingerprint density at radius 1 is 1.45 bits per heavy atom. The Morgan fingerprint density at radius 3 is 2.75 bits per heavy atom. The van der Waals surface area contributed by atoms with Gasteiger partial charge in [-0.25, -0.2) is 0 Å². The summed E-state index contributed by atoms with van der Waals surface area (Å²) in [5.41, 5.74) is 1.43. The van der Waals surface area contributed by atoms with Gasteiger partial charge in [-0.05, 0) is 12.3 Å². The average Bonchev–Trinajstić information content (AvgIpc) is 3.00. The van der Waals surface area contributed by atoms with E-state index in [2.05, 4.69) is 5.10 Å². The second-order valence-corrected chi connectivity index (χ2v) is 5.33. The van der Waals surface area contributed by atoms with Crippen LogP contribution in [-0.2, 0) is 23.0 Å². The number of carbonyl (C=O) groups excluding carboxylic acids is 2. The highest BCUT2D eigenvalue weighted by Gasteiger charge is 2.38. The molecule has 0 aliphatic carbocycles. The van der Waals surface area contributed by atoms with Crippen LogP contribution in [0.5, 0.6) is 0 Å². The van der Waals surface area contributed by atoms with Crippen molar-refractivity contribution >= 4 is 11.9 Å². The zero-order chi connectivity index (χ0) is 14.9. The van der Waals surface area contributed by atoms with Crippen molar-refractivity contribution in [3.8, 4) is 0 Å². The second-order valence-electron chi connectivity index (χ2n) is 5.33. The first-order chi connectivity index (χ1) is 9.47. The van der Waals surface area contributed by atoms with Crippen LogP contribution in [0, 0.1) is 11.8 Å². The van der Waals surface area contributed by atoms with E-state index in [1.807, 2.05) is 13.8 Å². The molecule has 110 valence electrons. The number of hydrogen-bond acceptors (Lipinski definition) is 4. The quantitative estimate of drug-likeness (QED) is 0.770. The van der Waals surface area contributed by atoms with Gasteiger partial charge in [0.15, 0.2) is 0 Å². The molecular formula is C14H21N3O3. The van der Waals surface area contributed by atoms with Crippen LogP contribution >= 0.6 is 0 Å². The number of nitrogens with zero attached hydrogens (tertiary/aromatic N) is 3. The van der Waals surface area contributed by atoms with Gasteiger partial charge < -0.3 is 9.64 Å². The fourth-order valence-electron chi connectivity index (χ4n) is 2.74. The third-order valence-corrected chi connectivity index (χ3v) is 3.87. The Balaban J connectivity index is 2.16. The molecule has 2 heterocycles. The highest BCUT2D eigenvalue weighted by Crippen LogP contribution is 2.26. The maximum atomic E-state index is 12.6. The van der Waals surface area contributed by atoms with Crippen molar-refractivity contribution in [1.82, 2.24) is 14.7 Å². The molecule has 6 heteroatoms. The van der Waals surface area contributed by atoms with Gasteiger partial charge >= 0.3 is 5.97 Å². The first kappa shape index (κ1) is 14.6. The van der Waals surface area contributed by atoms with Crippen molar-refractivity contribution in [3.63, 3.8) is 0 Å². The number of likely N-dealkylation sites (tertiary alicyclic amines) is 1. The van der Waals surface area contributed by atoms with E-state index in [9.17, 15) is 9.59 Å². The van der Waals surface area contributed by atoms with Gasteiger partial charge in [-0.3, -0.25) is 14.3 Å². The largest absolute Gasteiger partial charge is 0.469 e. The number of methoxy groups -OCH3 is 1. The molecule has 20 heavy (non-hydrogen) atoms. The highest BCUT2D eigenvalue weighted by atomic mass is 16.5. The predicted molar refractivity (Wildman–Crippen MR) is 73.2 cm³/mol. The maximum Gasteiger partial charge on any atom is 0.310 e. The minimum absolute atomic E-state index is 0.0480. The topological polar surface area (TPSA) is 64.4 Å². The molecule has 1 saturated heterocycles. The molecule has 2 rings (SSSR count). The van der Waals surface area contributed by atoms with Gasteiger partial charge in [-0.2, -0.15) is 5.10 Å². The molecule has 1 aliphatic rings. The lowest BCUT2D eigenvalue weighted by atomic mass is 9.99. The molecule has 1 amide bonds. The lowest BCUT2D eigenvalue weighted by molar-refractivity contribution is -0.146. The second kappa shape index (κ2) is 5.64. The van der Waals surface area contributed by atoms with Gasteiger partial charge in [-0.1, -0.05) is 13.8 Å². The van der Waals surface area contributed by atoms with Crippen LogP contribution in [-0.4, -0.2) is 46.8 Å². The van der Waals surface area contributed by atoms with Gasteiger partial charge in [0.2, 0.25) is 0 Å². The minimum atomic E-state index is -0.241. The van der Waals surface area contributed by atoms with Crippen molar-refractivity contribution in [2.24, 2.45) is 18.9 Å². The van der Waals surface area contributed by atoms with E-state index in [4.69, 9.17) is 4.74 Å². The van der Waals surface area contributed by atoms with E-state index in [1.165, 1.54) is 7.11 Å². The van der Waals surface area contributed by atoms with Gasteiger partial charge in [0, 0.05) is 26.3 Å². The molecule has 2 unspecified atom stereocenters. The predicted octanol–water partition coefficient (Wildman–Crippen LogP) is 0.864. The third-order valence-electron chi connectivity index (χ3n) is 3.87. The van der Waals surface area contributed by atoms with Crippen LogP contribution in [0.1, 0.15) is 29.9 Å². The summed E-state index contributed by atoms with van der Waals surface area (Å²) in [6.07, 6.45) is 2.46. The van der Waals surface area contributed by atoms with Crippen molar-refractivity contribution in [2.45, 2.75) is 20.3 Å². The summed E-state index contributed by atoms with van der Waals surface area (Å²) in [5, 5.41) is 4.29. The van der Waals surface area contributed by atoms with Gasteiger partial charge in [0.1, 0.15) is 0 Å². The summed E-state index contributed by atoms with van der Waals surface area (Å²) in [4.78, 5) is 26.0. The average molecular weight is 279 g/mol. The summed E-state index contributed by atoms with van der Waals surface area (Å²) in [5.74, 6) is -0.401. The first-order valence-corrected chi connectivity index (χ1v) is 6.87. The number of esters is 1. The summed E-state index contributed by atoms with van der Waals surface area (Å²) < 4.78 is 6.45. The SMILES string of the molecule is CCc1nn(C)cc1C(=O)N1CC(C)C(C(=O)OC)C1. The summed E-state index contributed by atoms with van der Waals surface area (Å²) in [6.45, 7) is 4.95. The van der Waals surface area contributed by atoms with Crippen molar-refractivity contribution in [1.29, 1.82) is 0 Å². The summed E-state index contributed by atoms with van der Waals surface area (Å²) in [7, 11) is 3.19. The zero-order valence-electron chi connectivity index (χ0n) is 12.4. The number of rotatable bonds is 3. The molecule has 0 N–H and O–H groups in total. The Hall–Kier alpha value is -1.85. The van der Waals surface area contributed by atoms with Gasteiger partial charge in [-0.15, -0.1) is 0 Å². The number of hydrogen-bond donors (Lipinski definition) is 0. The molecule has 1 fully saturated rings. The lowest BCUT2D eigenvalue weighted by Crippen LogP contribution is -2.30. The standard InChI is InChI=1S/C14H21N3O3/c1-5-12-11(7-16(3)15-12)13(18)17-6-9(2)10(8-17)14(19)20-4/h7,9-10H,5-6,8H2,1-4H3. The Labute approximate surface area is 118 Å². The Morgan fingerprint density at radius 2 is 2.15 bits per heavy atom. The van der Waals surface area contributed by atoms with Crippen molar-refractivity contribution in [3.05, 3.63) is 17.5 Å². The monoisotopic (exact) mass is 279 g/mol.